The largest absolute Gasteiger partial charge is 0.289 e. The van der Waals surface area contributed by atoms with E-state index >= 15 is 0 Å². The van der Waals surface area contributed by atoms with Crippen LogP contribution >= 0.6 is 11.6 Å². The van der Waals surface area contributed by atoms with Crippen LogP contribution in [0.5, 0.6) is 0 Å². The van der Waals surface area contributed by atoms with Crippen molar-refractivity contribution >= 4 is 27.3 Å². The van der Waals surface area contributed by atoms with E-state index in [2.05, 4.69) is 4.72 Å². The van der Waals surface area contributed by atoms with Crippen LogP contribution in [0.1, 0.15) is 20.8 Å². The first kappa shape index (κ1) is 16.9. The Morgan fingerprint density at radius 1 is 1.35 bits per heavy atom. The summed E-state index contributed by atoms with van der Waals surface area (Å²) in [5.41, 5.74) is -0.425. The van der Waals surface area contributed by atoms with Crippen LogP contribution in [0.2, 0.25) is 5.02 Å². The molecule has 112 valence electrons. The Morgan fingerprint density at radius 3 is 2.45 bits per heavy atom. The standard InChI is InChI=1S/C12H17ClN2O4S/c1-8(2)9(3)7-14-20(18,19)10-4-5-11(13)12(6-10)15(16)17/h4-6,8-9,14H,7H2,1-3H3. The summed E-state index contributed by atoms with van der Waals surface area (Å²) in [7, 11) is -3.77. The topological polar surface area (TPSA) is 89.3 Å². The third-order valence-electron chi connectivity index (χ3n) is 3.16. The number of nitrogens with one attached hydrogen (secondary N) is 1. The van der Waals surface area contributed by atoms with Gasteiger partial charge in [-0.3, -0.25) is 10.1 Å². The molecule has 1 N–H and O–H groups in total. The van der Waals surface area contributed by atoms with Crippen molar-refractivity contribution < 1.29 is 13.3 Å². The van der Waals surface area contributed by atoms with Gasteiger partial charge in [0, 0.05) is 12.6 Å². The summed E-state index contributed by atoms with van der Waals surface area (Å²) in [4.78, 5) is 9.89. The van der Waals surface area contributed by atoms with Gasteiger partial charge in [0.1, 0.15) is 5.02 Å². The van der Waals surface area contributed by atoms with Gasteiger partial charge in [0.15, 0.2) is 0 Å². The maximum atomic E-state index is 12.1. The van der Waals surface area contributed by atoms with E-state index in [4.69, 9.17) is 11.6 Å². The fourth-order valence-electron chi connectivity index (χ4n) is 1.36. The van der Waals surface area contributed by atoms with Gasteiger partial charge in [-0.2, -0.15) is 0 Å². The summed E-state index contributed by atoms with van der Waals surface area (Å²) in [6.07, 6.45) is 0. The van der Waals surface area contributed by atoms with Crippen LogP contribution in [-0.2, 0) is 10.0 Å². The molecule has 0 aromatic heterocycles. The van der Waals surface area contributed by atoms with E-state index in [-0.39, 0.29) is 22.4 Å². The smallest absolute Gasteiger partial charge is 0.258 e. The van der Waals surface area contributed by atoms with Crippen molar-refractivity contribution in [2.24, 2.45) is 11.8 Å². The highest BCUT2D eigenvalue weighted by atomic mass is 35.5. The van der Waals surface area contributed by atoms with E-state index in [1.165, 1.54) is 12.1 Å². The fourth-order valence-corrected chi connectivity index (χ4v) is 2.71. The second-order valence-electron chi connectivity index (χ2n) is 4.94. The molecular formula is C12H17ClN2O4S. The van der Waals surface area contributed by atoms with Crippen molar-refractivity contribution in [3.8, 4) is 0 Å². The average molecular weight is 321 g/mol. The number of nitrogens with zero attached hydrogens (tertiary/aromatic N) is 1. The van der Waals surface area contributed by atoms with E-state index in [1.54, 1.807) is 0 Å². The molecule has 20 heavy (non-hydrogen) atoms. The Morgan fingerprint density at radius 2 is 1.95 bits per heavy atom. The lowest BCUT2D eigenvalue weighted by Crippen LogP contribution is -2.30. The highest BCUT2D eigenvalue weighted by molar-refractivity contribution is 7.89. The number of rotatable bonds is 6. The minimum atomic E-state index is -3.77. The molecule has 0 fully saturated rings. The number of hydrogen-bond donors (Lipinski definition) is 1. The number of nitro groups is 1. The molecule has 0 heterocycles. The Labute approximate surface area is 123 Å². The number of sulfonamides is 1. The van der Waals surface area contributed by atoms with Gasteiger partial charge in [-0.15, -0.1) is 0 Å². The molecule has 0 aliphatic carbocycles. The maximum Gasteiger partial charge on any atom is 0.289 e. The van der Waals surface area contributed by atoms with Crippen LogP contribution in [-0.4, -0.2) is 19.9 Å². The van der Waals surface area contributed by atoms with E-state index in [1.807, 2.05) is 20.8 Å². The third-order valence-corrected chi connectivity index (χ3v) is 4.90. The third kappa shape index (κ3) is 4.16. The summed E-state index contributed by atoms with van der Waals surface area (Å²) in [6.45, 7) is 6.19. The second-order valence-corrected chi connectivity index (χ2v) is 7.12. The van der Waals surface area contributed by atoms with Crippen LogP contribution in [0.25, 0.3) is 0 Å². The zero-order valence-electron chi connectivity index (χ0n) is 11.5. The van der Waals surface area contributed by atoms with Crippen molar-refractivity contribution in [1.82, 2.24) is 4.72 Å². The molecule has 1 rings (SSSR count). The monoisotopic (exact) mass is 320 g/mol. The summed E-state index contributed by atoms with van der Waals surface area (Å²) in [6, 6.07) is 3.42. The van der Waals surface area contributed by atoms with Crippen LogP contribution in [0.3, 0.4) is 0 Å². The van der Waals surface area contributed by atoms with Crippen molar-refractivity contribution in [2.45, 2.75) is 25.7 Å². The molecule has 0 aliphatic heterocycles. The number of nitro benzene ring substituents is 1. The zero-order chi connectivity index (χ0) is 15.5. The van der Waals surface area contributed by atoms with Crippen LogP contribution < -0.4 is 4.72 Å². The molecule has 0 spiro atoms. The lowest BCUT2D eigenvalue weighted by Gasteiger charge is -2.16. The lowest BCUT2D eigenvalue weighted by molar-refractivity contribution is -0.384. The SMILES string of the molecule is CC(C)C(C)CNS(=O)(=O)c1ccc(Cl)c([N+](=O)[O-])c1. The summed E-state index contributed by atoms with van der Waals surface area (Å²) < 4.78 is 26.6. The molecule has 0 saturated carbocycles. The average Bonchev–Trinajstić information content (AvgIpc) is 2.35. The first-order chi connectivity index (χ1) is 9.15. The van der Waals surface area contributed by atoms with Gasteiger partial charge in [-0.25, -0.2) is 13.1 Å². The quantitative estimate of drug-likeness (QED) is 0.644. The molecule has 0 radical (unpaired) electrons. The van der Waals surface area contributed by atoms with Gasteiger partial charge >= 0.3 is 0 Å². The van der Waals surface area contributed by atoms with Crippen molar-refractivity contribution in [2.75, 3.05) is 6.54 Å². The molecule has 0 saturated heterocycles. The lowest BCUT2D eigenvalue weighted by atomic mass is 9.99. The van der Waals surface area contributed by atoms with Crippen LogP contribution in [0.4, 0.5) is 5.69 Å². The van der Waals surface area contributed by atoms with Gasteiger partial charge in [0.25, 0.3) is 5.69 Å². The second kappa shape index (κ2) is 6.51. The molecule has 0 amide bonds. The minimum Gasteiger partial charge on any atom is -0.258 e. The molecule has 0 bridgehead atoms. The molecule has 0 aliphatic rings. The minimum absolute atomic E-state index is 0.0931. The zero-order valence-corrected chi connectivity index (χ0v) is 13.0. The van der Waals surface area contributed by atoms with Gasteiger partial charge in [0.05, 0.1) is 9.82 Å². The molecule has 1 aromatic carbocycles. The van der Waals surface area contributed by atoms with E-state index in [0.717, 1.165) is 6.07 Å². The Bertz CT molecular complexity index is 601. The molecule has 8 heteroatoms. The normalized spacial score (nSPS) is 13.4. The predicted octanol–water partition coefficient (Wildman–Crippen LogP) is 2.82. The Kier molecular flexibility index (Phi) is 5.50. The molecule has 1 atom stereocenters. The number of hydrogen-bond acceptors (Lipinski definition) is 4. The summed E-state index contributed by atoms with van der Waals surface area (Å²) in [5, 5.41) is 10.7. The van der Waals surface area contributed by atoms with Crippen molar-refractivity contribution in [3.05, 3.63) is 33.3 Å². The number of halogens is 1. The van der Waals surface area contributed by atoms with Gasteiger partial charge in [0.2, 0.25) is 10.0 Å². The first-order valence-electron chi connectivity index (χ1n) is 6.08. The highest BCUT2D eigenvalue weighted by Gasteiger charge is 2.21. The van der Waals surface area contributed by atoms with Crippen LogP contribution in [0.15, 0.2) is 23.1 Å². The van der Waals surface area contributed by atoms with Crippen molar-refractivity contribution in [3.63, 3.8) is 0 Å². The van der Waals surface area contributed by atoms with E-state index < -0.39 is 20.6 Å². The summed E-state index contributed by atoms with van der Waals surface area (Å²) >= 11 is 5.65. The predicted molar refractivity (Wildman–Crippen MR) is 77.3 cm³/mol. The fraction of sp³-hybridized carbons (Fsp3) is 0.500. The van der Waals surface area contributed by atoms with E-state index in [0.29, 0.717) is 5.92 Å². The molecular weight excluding hydrogens is 304 g/mol. The van der Waals surface area contributed by atoms with Gasteiger partial charge < -0.3 is 0 Å². The van der Waals surface area contributed by atoms with Crippen molar-refractivity contribution in [1.29, 1.82) is 0 Å². The maximum absolute atomic E-state index is 12.1. The Balaban J connectivity index is 2.99. The number of benzene rings is 1. The van der Waals surface area contributed by atoms with Crippen LogP contribution in [0, 0.1) is 22.0 Å². The van der Waals surface area contributed by atoms with E-state index in [9.17, 15) is 18.5 Å². The molecule has 1 aromatic rings. The summed E-state index contributed by atoms with van der Waals surface area (Å²) in [5.74, 6) is 0.490. The Hall–Kier alpha value is -1.18. The molecule has 1 unspecified atom stereocenters. The van der Waals surface area contributed by atoms with Gasteiger partial charge in [-0.1, -0.05) is 32.4 Å². The highest BCUT2D eigenvalue weighted by Crippen LogP contribution is 2.27. The molecule has 6 nitrogen and oxygen atoms in total. The first-order valence-corrected chi connectivity index (χ1v) is 7.95. The van der Waals surface area contributed by atoms with Gasteiger partial charge in [-0.05, 0) is 24.0 Å².